The van der Waals surface area contributed by atoms with Crippen molar-refractivity contribution in [1.82, 2.24) is 4.98 Å². The van der Waals surface area contributed by atoms with Crippen molar-refractivity contribution >= 4 is 0 Å². The second-order valence-corrected chi connectivity index (χ2v) is 3.17. The van der Waals surface area contributed by atoms with Gasteiger partial charge in [0.2, 0.25) is 0 Å². The molecule has 0 amide bonds. The molecule has 8 heteroatoms. The van der Waals surface area contributed by atoms with Crippen molar-refractivity contribution in [2.75, 3.05) is 0 Å². The minimum Gasteiger partial charge on any atom is -0.251 e. The second kappa shape index (κ2) is 4.96. The summed E-state index contributed by atoms with van der Waals surface area (Å²) in [6, 6.07) is 2.84. The summed E-state index contributed by atoms with van der Waals surface area (Å²) in [4.78, 5) is 2.89. The molecule has 0 spiro atoms. The predicted octanol–water partition coefficient (Wildman–Crippen LogP) is 2.98. The number of alkyl halides is 5. The Morgan fingerprint density at radius 3 is 2.28 bits per heavy atom. The van der Waals surface area contributed by atoms with E-state index in [1.807, 2.05) is 0 Å². The fraction of sp³-hybridized carbons (Fsp3) is 0.300. The first-order valence-corrected chi connectivity index (χ1v) is 4.47. The molecular formula is C10H4F5N3. The Kier molecular flexibility index (Phi) is 3.82. The van der Waals surface area contributed by atoms with Gasteiger partial charge in [-0.2, -0.15) is 23.7 Å². The van der Waals surface area contributed by atoms with Crippen LogP contribution >= 0.6 is 0 Å². The smallest absolute Gasteiger partial charge is 0.251 e. The van der Waals surface area contributed by atoms with Gasteiger partial charge in [-0.25, -0.2) is 8.78 Å². The Morgan fingerprint density at radius 1 is 1.28 bits per heavy atom. The van der Waals surface area contributed by atoms with E-state index in [1.165, 1.54) is 6.07 Å². The van der Waals surface area contributed by atoms with Crippen molar-refractivity contribution < 1.29 is 22.0 Å². The van der Waals surface area contributed by atoms with Gasteiger partial charge in [-0.15, -0.1) is 0 Å². The minimum atomic E-state index is -5.08. The molecule has 0 aliphatic heterocycles. The van der Waals surface area contributed by atoms with Gasteiger partial charge in [0, 0.05) is 11.8 Å². The van der Waals surface area contributed by atoms with E-state index < -0.39 is 35.8 Å². The van der Waals surface area contributed by atoms with Crippen LogP contribution in [0.2, 0.25) is 0 Å². The average Bonchev–Trinajstić information content (AvgIpc) is 2.27. The fourth-order valence-corrected chi connectivity index (χ4v) is 1.36. The molecule has 0 bridgehead atoms. The van der Waals surface area contributed by atoms with Crippen LogP contribution in [0.3, 0.4) is 0 Å². The SMILES string of the molecule is N#CCc1cnc(C(F)(F)F)c(C(F)F)c1C#N. The molecule has 18 heavy (non-hydrogen) atoms. The molecule has 3 nitrogen and oxygen atoms in total. The highest BCUT2D eigenvalue weighted by atomic mass is 19.4. The number of aromatic nitrogens is 1. The summed E-state index contributed by atoms with van der Waals surface area (Å²) in [6.07, 6.45) is -8.42. The molecular weight excluding hydrogens is 257 g/mol. The lowest BCUT2D eigenvalue weighted by Gasteiger charge is -2.14. The number of rotatable bonds is 2. The van der Waals surface area contributed by atoms with Crippen LogP contribution in [0.25, 0.3) is 0 Å². The molecule has 1 aromatic rings. The zero-order valence-corrected chi connectivity index (χ0v) is 8.59. The summed E-state index contributed by atoms with van der Waals surface area (Å²) in [5.41, 5.74) is -4.36. The molecule has 0 aliphatic carbocycles. The topological polar surface area (TPSA) is 60.5 Å². The zero-order valence-electron chi connectivity index (χ0n) is 8.59. The van der Waals surface area contributed by atoms with Crippen molar-refractivity contribution in [3.8, 4) is 12.1 Å². The maximum absolute atomic E-state index is 12.7. The van der Waals surface area contributed by atoms with Crippen LogP contribution < -0.4 is 0 Å². The van der Waals surface area contributed by atoms with E-state index in [-0.39, 0.29) is 5.56 Å². The zero-order chi connectivity index (χ0) is 13.9. The van der Waals surface area contributed by atoms with Crippen LogP contribution in [0.1, 0.15) is 28.8 Å². The maximum Gasteiger partial charge on any atom is 0.433 e. The highest BCUT2D eigenvalue weighted by molar-refractivity contribution is 5.47. The van der Waals surface area contributed by atoms with Gasteiger partial charge in [0.1, 0.15) is 6.07 Å². The van der Waals surface area contributed by atoms with Crippen molar-refractivity contribution in [3.05, 3.63) is 28.6 Å². The van der Waals surface area contributed by atoms with Gasteiger partial charge in [-0.3, -0.25) is 4.98 Å². The molecule has 1 heterocycles. The van der Waals surface area contributed by atoms with Crippen LogP contribution in [-0.4, -0.2) is 4.98 Å². The Balaban J connectivity index is 3.61. The lowest BCUT2D eigenvalue weighted by molar-refractivity contribution is -0.143. The van der Waals surface area contributed by atoms with Gasteiger partial charge < -0.3 is 0 Å². The standard InChI is InChI=1S/C10H4F5N3/c11-9(12)7-6(3-17)5(1-2-16)4-18-8(7)10(13,14)15/h4,9H,1H2. The average molecular weight is 261 g/mol. The minimum absolute atomic E-state index is 0.247. The highest BCUT2D eigenvalue weighted by Gasteiger charge is 2.39. The summed E-state index contributed by atoms with van der Waals surface area (Å²) in [7, 11) is 0. The van der Waals surface area contributed by atoms with Crippen molar-refractivity contribution in [2.45, 2.75) is 19.0 Å². The second-order valence-electron chi connectivity index (χ2n) is 3.17. The quantitative estimate of drug-likeness (QED) is 0.769. The molecule has 0 aliphatic rings. The van der Waals surface area contributed by atoms with Gasteiger partial charge in [0.15, 0.2) is 5.69 Å². The molecule has 1 aromatic heterocycles. The van der Waals surface area contributed by atoms with Crippen LogP contribution in [0.4, 0.5) is 22.0 Å². The molecule has 94 valence electrons. The van der Waals surface area contributed by atoms with Crippen LogP contribution in [0.5, 0.6) is 0 Å². The van der Waals surface area contributed by atoms with E-state index in [9.17, 15) is 22.0 Å². The van der Waals surface area contributed by atoms with E-state index in [2.05, 4.69) is 4.98 Å². The lowest BCUT2D eigenvalue weighted by atomic mass is 10.0. The molecule has 0 saturated carbocycles. The van der Waals surface area contributed by atoms with Gasteiger partial charge >= 0.3 is 6.18 Å². The van der Waals surface area contributed by atoms with Crippen LogP contribution in [-0.2, 0) is 12.6 Å². The molecule has 0 unspecified atom stereocenters. The number of hydrogen-bond donors (Lipinski definition) is 0. The van der Waals surface area contributed by atoms with E-state index >= 15 is 0 Å². The number of nitriles is 2. The van der Waals surface area contributed by atoms with Gasteiger partial charge in [-0.05, 0) is 0 Å². The highest BCUT2D eigenvalue weighted by Crippen LogP contribution is 2.37. The van der Waals surface area contributed by atoms with Gasteiger partial charge in [0.05, 0.1) is 23.6 Å². The summed E-state index contributed by atoms with van der Waals surface area (Å²) in [5, 5.41) is 17.1. The first kappa shape index (κ1) is 13.8. The largest absolute Gasteiger partial charge is 0.433 e. The number of pyridine rings is 1. The first-order chi connectivity index (χ1) is 8.32. The van der Waals surface area contributed by atoms with Crippen molar-refractivity contribution in [2.24, 2.45) is 0 Å². The van der Waals surface area contributed by atoms with Gasteiger partial charge in [0.25, 0.3) is 6.43 Å². The summed E-state index contributed by atoms with van der Waals surface area (Å²) in [5.74, 6) is 0. The summed E-state index contributed by atoms with van der Waals surface area (Å²) in [6.45, 7) is 0. The Bertz CT molecular complexity index is 536. The molecule has 0 fully saturated rings. The fourth-order valence-electron chi connectivity index (χ4n) is 1.36. The Labute approximate surface area is 98.1 Å². The molecule has 0 N–H and O–H groups in total. The maximum atomic E-state index is 12.7. The molecule has 0 saturated heterocycles. The van der Waals surface area contributed by atoms with Gasteiger partial charge in [-0.1, -0.05) is 0 Å². The van der Waals surface area contributed by atoms with Crippen LogP contribution in [0.15, 0.2) is 6.20 Å². The van der Waals surface area contributed by atoms with Crippen molar-refractivity contribution in [1.29, 1.82) is 10.5 Å². The number of halogens is 5. The molecule has 0 aromatic carbocycles. The van der Waals surface area contributed by atoms with E-state index in [1.54, 1.807) is 6.07 Å². The van der Waals surface area contributed by atoms with E-state index in [0.717, 1.165) is 0 Å². The molecule has 0 radical (unpaired) electrons. The normalized spacial score (nSPS) is 11.1. The third-order valence-electron chi connectivity index (χ3n) is 2.06. The monoisotopic (exact) mass is 261 g/mol. The molecule has 1 rings (SSSR count). The van der Waals surface area contributed by atoms with E-state index in [0.29, 0.717) is 6.20 Å². The number of nitrogens with zero attached hydrogens (tertiary/aromatic N) is 3. The van der Waals surface area contributed by atoms with E-state index in [4.69, 9.17) is 10.5 Å². The molecule has 0 atom stereocenters. The predicted molar refractivity (Wildman–Crippen MR) is 48.2 cm³/mol. The lowest BCUT2D eigenvalue weighted by Crippen LogP contribution is -2.15. The Hall–Kier alpha value is -2.22. The third-order valence-corrected chi connectivity index (χ3v) is 2.06. The summed E-state index contributed by atoms with van der Waals surface area (Å²) < 4.78 is 62.7. The van der Waals surface area contributed by atoms with Crippen LogP contribution in [0, 0.1) is 22.7 Å². The Morgan fingerprint density at radius 2 is 1.89 bits per heavy atom. The van der Waals surface area contributed by atoms with Crippen molar-refractivity contribution in [3.63, 3.8) is 0 Å². The third kappa shape index (κ3) is 2.54. The first-order valence-electron chi connectivity index (χ1n) is 4.47. The summed E-state index contributed by atoms with van der Waals surface area (Å²) >= 11 is 0. The number of hydrogen-bond acceptors (Lipinski definition) is 3.